The number of hydrogen-bond acceptors (Lipinski definition) is 0. The van der Waals surface area contributed by atoms with Gasteiger partial charge in [-0.2, -0.15) is 35.5 Å². The fraction of sp³-hybridized carbons (Fsp3) is 0.289. The zero-order valence-electron chi connectivity index (χ0n) is 25.6. The van der Waals surface area contributed by atoms with Crippen molar-refractivity contribution in [2.45, 2.75) is 72.1 Å². The average Bonchev–Trinajstić information content (AvgIpc) is 3.57. The Labute approximate surface area is 274 Å². The van der Waals surface area contributed by atoms with E-state index in [2.05, 4.69) is 133 Å². The smallest absolute Gasteiger partial charge is 0.0920 e. The molecule has 1 aliphatic heterocycles. The zero-order valence-corrected chi connectivity index (χ0v) is 30.6. The average molecular weight is 687 g/mol. The molecule has 0 saturated heterocycles. The van der Waals surface area contributed by atoms with E-state index in [0.29, 0.717) is 5.92 Å². The van der Waals surface area contributed by atoms with Crippen molar-refractivity contribution in [3.63, 3.8) is 0 Å². The van der Waals surface area contributed by atoms with Crippen LogP contribution in [0.15, 0.2) is 91.0 Å². The van der Waals surface area contributed by atoms with Gasteiger partial charge in [-0.1, -0.05) is 125 Å². The van der Waals surface area contributed by atoms with Crippen molar-refractivity contribution >= 4 is 47.7 Å². The van der Waals surface area contributed by atoms with E-state index >= 15 is 0 Å². The summed E-state index contributed by atoms with van der Waals surface area (Å²) in [5.41, 5.74) is 10.1. The predicted molar refractivity (Wildman–Crippen MR) is 184 cm³/mol. The van der Waals surface area contributed by atoms with Crippen LogP contribution >= 0.6 is 17.0 Å². The van der Waals surface area contributed by atoms with Crippen LogP contribution in [0.1, 0.15) is 77.0 Å². The van der Waals surface area contributed by atoms with Crippen molar-refractivity contribution in [1.29, 1.82) is 0 Å². The van der Waals surface area contributed by atoms with Gasteiger partial charge in [-0.25, -0.2) is 0 Å². The van der Waals surface area contributed by atoms with Crippen LogP contribution in [0.2, 0.25) is 0 Å². The molecule has 0 bridgehead atoms. The molecule has 0 aliphatic carbocycles. The monoisotopic (exact) mass is 684 g/mol. The molecular formula is C38H40Cl2SiZr. The standard InChI is InChI=1S/C26H33.C12H7Si.2ClH.Zr/c1-7-8-11-19-16-20-14-15-24(26(4,5)6)25(23(20)17-19)22-13-10-9-12-21(22)18(2)3;1-3-7-11-9(5-1)10-6-2-4-8-12(10)13-11;;;/h9-10,12-18H,7-8,11H2,1-6H3;1-7H;2*1H;/q2*-1;;;+4/p-2. The summed E-state index contributed by atoms with van der Waals surface area (Å²) in [6.45, 7) is 13.9. The first-order chi connectivity index (χ1) is 20.2. The first kappa shape index (κ1) is 33.1. The fourth-order valence-corrected chi connectivity index (χ4v) is 7.05. The van der Waals surface area contributed by atoms with Crippen molar-refractivity contribution in [3.05, 3.63) is 114 Å². The van der Waals surface area contributed by atoms with Gasteiger partial charge in [-0.3, -0.25) is 0 Å². The molecule has 0 saturated carbocycles. The molecule has 0 N–H and O–H groups in total. The Hall–Kier alpha value is -1.83. The van der Waals surface area contributed by atoms with E-state index in [1.807, 2.05) is 6.07 Å². The van der Waals surface area contributed by atoms with Crippen LogP contribution in [-0.4, -0.2) is 9.52 Å². The molecule has 1 heterocycles. The second-order valence-electron chi connectivity index (χ2n) is 12.2. The van der Waals surface area contributed by atoms with Gasteiger partial charge in [-0.05, 0) is 28.9 Å². The van der Waals surface area contributed by atoms with Gasteiger partial charge in [0, 0.05) is 0 Å². The van der Waals surface area contributed by atoms with Crippen LogP contribution in [0.4, 0.5) is 0 Å². The molecule has 0 unspecified atom stereocenters. The van der Waals surface area contributed by atoms with E-state index in [1.165, 1.54) is 79.4 Å². The third kappa shape index (κ3) is 7.81. The van der Waals surface area contributed by atoms with Crippen molar-refractivity contribution in [2.24, 2.45) is 0 Å². The number of unbranched alkanes of at least 4 members (excludes halogenated alkanes) is 1. The number of halogens is 2. The SMILES string of the molecule is CCCCc1cc2c(-c3ccccc3C(C)C)c(C(C)(C)C)ccc2[cH-]1.[Cl][Zr+2][Cl].[c-]1cccc2c1[Si]c1ccccc1-2. The summed E-state index contributed by atoms with van der Waals surface area (Å²) < 4.78 is 0. The van der Waals surface area contributed by atoms with Crippen molar-refractivity contribution in [2.75, 3.05) is 0 Å². The van der Waals surface area contributed by atoms with Gasteiger partial charge >= 0.3 is 37.9 Å². The van der Waals surface area contributed by atoms with Crippen molar-refractivity contribution in [1.82, 2.24) is 0 Å². The summed E-state index contributed by atoms with van der Waals surface area (Å²) >= 11 is -0.826. The van der Waals surface area contributed by atoms with E-state index in [9.17, 15) is 0 Å². The number of hydrogen-bond donors (Lipinski definition) is 0. The summed E-state index contributed by atoms with van der Waals surface area (Å²) in [6.07, 6.45) is 3.69. The Kier molecular flexibility index (Phi) is 12.0. The van der Waals surface area contributed by atoms with Crippen LogP contribution in [0.25, 0.3) is 33.0 Å². The van der Waals surface area contributed by atoms with E-state index in [0.717, 1.165) is 9.52 Å². The molecule has 0 amide bonds. The van der Waals surface area contributed by atoms with Gasteiger partial charge in [0.1, 0.15) is 0 Å². The fourth-order valence-electron chi connectivity index (χ4n) is 5.74. The molecule has 4 heteroatoms. The maximum Gasteiger partial charge on any atom is 0.0920 e. The van der Waals surface area contributed by atoms with Gasteiger partial charge in [0.15, 0.2) is 0 Å². The van der Waals surface area contributed by atoms with E-state index in [-0.39, 0.29) is 5.41 Å². The van der Waals surface area contributed by atoms with Gasteiger partial charge in [0.05, 0.1) is 9.52 Å². The quantitative estimate of drug-likeness (QED) is 0.125. The molecule has 1 aliphatic rings. The molecule has 0 spiro atoms. The van der Waals surface area contributed by atoms with Crippen LogP contribution in [0.3, 0.4) is 0 Å². The zero-order chi connectivity index (χ0) is 30.3. The maximum absolute atomic E-state index is 4.93. The van der Waals surface area contributed by atoms with Crippen LogP contribution in [0.5, 0.6) is 0 Å². The molecule has 2 radical (unpaired) electrons. The Morgan fingerprint density at radius 2 is 1.55 bits per heavy atom. The second kappa shape index (κ2) is 15.3. The number of aryl methyl sites for hydroxylation is 1. The van der Waals surface area contributed by atoms with Crippen LogP contribution in [-0.2, 0) is 32.7 Å². The molecule has 0 fully saturated rings. The minimum atomic E-state index is -0.826. The Morgan fingerprint density at radius 3 is 2.24 bits per heavy atom. The summed E-state index contributed by atoms with van der Waals surface area (Å²) in [4.78, 5) is 0. The second-order valence-corrected chi connectivity index (χ2v) is 17.2. The summed E-state index contributed by atoms with van der Waals surface area (Å²) in [5, 5.41) is 5.64. The van der Waals surface area contributed by atoms with Crippen LogP contribution in [0, 0.1) is 6.07 Å². The van der Waals surface area contributed by atoms with E-state index in [4.69, 9.17) is 17.0 Å². The molecular weight excluding hydrogens is 647 g/mol. The predicted octanol–water partition coefficient (Wildman–Crippen LogP) is 10.5. The summed E-state index contributed by atoms with van der Waals surface area (Å²) in [7, 11) is 10.7. The molecule has 5 aromatic rings. The first-order valence-electron chi connectivity index (χ1n) is 14.8. The molecule has 6 rings (SSSR count). The normalized spacial score (nSPS) is 11.6. The molecule has 5 aromatic carbocycles. The Balaban J connectivity index is 0.000000209. The van der Waals surface area contributed by atoms with Crippen LogP contribution < -0.4 is 10.4 Å². The van der Waals surface area contributed by atoms with Gasteiger partial charge in [0.25, 0.3) is 0 Å². The summed E-state index contributed by atoms with van der Waals surface area (Å²) in [6, 6.07) is 36.7. The largest absolute Gasteiger partial charge is 0.184 e. The topological polar surface area (TPSA) is 0 Å². The van der Waals surface area contributed by atoms with Gasteiger partial charge < -0.3 is 0 Å². The van der Waals surface area contributed by atoms with Gasteiger partial charge in [-0.15, -0.1) is 40.1 Å². The molecule has 42 heavy (non-hydrogen) atoms. The molecule has 214 valence electrons. The van der Waals surface area contributed by atoms with Crippen molar-refractivity contribution in [3.8, 4) is 22.3 Å². The number of rotatable bonds is 5. The number of benzene rings is 4. The third-order valence-corrected chi connectivity index (χ3v) is 9.13. The maximum atomic E-state index is 4.93. The summed E-state index contributed by atoms with van der Waals surface area (Å²) in [5.74, 6) is 0.517. The van der Waals surface area contributed by atoms with Gasteiger partial charge in [0.2, 0.25) is 0 Å². The van der Waals surface area contributed by atoms with Crippen molar-refractivity contribution < 1.29 is 20.8 Å². The molecule has 0 aromatic heterocycles. The number of fused-ring (bicyclic) bond motifs is 4. The minimum Gasteiger partial charge on any atom is -0.184 e. The Morgan fingerprint density at radius 1 is 0.881 bits per heavy atom. The van der Waals surface area contributed by atoms with E-state index in [1.54, 1.807) is 0 Å². The minimum absolute atomic E-state index is 0.120. The third-order valence-electron chi connectivity index (χ3n) is 7.76. The van der Waals surface area contributed by atoms with E-state index < -0.39 is 20.8 Å². The molecule has 0 atom stereocenters. The Bertz CT molecular complexity index is 1570. The first-order valence-corrected chi connectivity index (χ1v) is 22.2. The molecule has 0 nitrogen and oxygen atoms in total.